The number of aliphatic hydroxyl groups excluding tert-OH is 1. The second kappa shape index (κ2) is 5.64. The van der Waals surface area contributed by atoms with Crippen LogP contribution < -0.4 is 5.32 Å². The van der Waals surface area contributed by atoms with Crippen LogP contribution in [0.25, 0.3) is 0 Å². The molecule has 0 heterocycles. The molecule has 1 rings (SSSR count). The number of rotatable bonds is 4. The summed E-state index contributed by atoms with van der Waals surface area (Å²) in [5.41, 5.74) is 0.943. The van der Waals surface area contributed by atoms with Gasteiger partial charge in [-0.15, -0.1) is 0 Å². The Balaban J connectivity index is 2.67. The molecule has 84 valence electrons. The lowest BCUT2D eigenvalue weighted by Crippen LogP contribution is -2.36. The third-order valence-corrected chi connectivity index (χ3v) is 2.81. The molecule has 0 saturated carbocycles. The summed E-state index contributed by atoms with van der Waals surface area (Å²) in [6, 6.07) is 8.21. The summed E-state index contributed by atoms with van der Waals surface area (Å²) in [6.07, 6.45) is -0.458. The van der Waals surface area contributed by atoms with E-state index >= 15 is 0 Å². The quantitative estimate of drug-likeness (QED) is 0.883. The number of hydrogen-bond donors (Lipinski definition) is 2. The first kappa shape index (κ1) is 12.7. The summed E-state index contributed by atoms with van der Waals surface area (Å²) in [5.74, 6) is 0. The molecule has 0 aliphatic heterocycles. The normalized spacial score (nSPS) is 15.3. The lowest BCUT2D eigenvalue weighted by molar-refractivity contribution is 0.132. The van der Waals surface area contributed by atoms with E-state index in [0.29, 0.717) is 6.04 Å². The van der Waals surface area contributed by atoms with Gasteiger partial charge in [-0.2, -0.15) is 0 Å². The smallest absolute Gasteiger partial charge is 0.0940 e. The van der Waals surface area contributed by atoms with Crippen molar-refractivity contribution in [3.05, 3.63) is 34.3 Å². The van der Waals surface area contributed by atoms with Crippen LogP contribution in [0, 0.1) is 0 Å². The largest absolute Gasteiger partial charge is 0.387 e. The summed E-state index contributed by atoms with van der Waals surface area (Å²) in [7, 11) is 0. The van der Waals surface area contributed by atoms with Crippen LogP contribution in [-0.4, -0.2) is 17.2 Å². The molecular weight excluding hydrogens is 254 g/mol. The maximum atomic E-state index is 10.1. The van der Waals surface area contributed by atoms with Crippen LogP contribution in [0.4, 0.5) is 0 Å². The summed E-state index contributed by atoms with van der Waals surface area (Å²) in [4.78, 5) is 0. The van der Waals surface area contributed by atoms with Gasteiger partial charge in [0.25, 0.3) is 0 Å². The van der Waals surface area contributed by atoms with Gasteiger partial charge in [0.1, 0.15) is 0 Å². The Hall–Kier alpha value is -0.380. The first-order chi connectivity index (χ1) is 7.00. The van der Waals surface area contributed by atoms with Gasteiger partial charge in [0.2, 0.25) is 0 Å². The predicted octanol–water partition coefficient (Wildman–Crippen LogP) is 2.87. The fourth-order valence-corrected chi connectivity index (χ4v) is 1.83. The molecule has 0 saturated heterocycles. The second-order valence-electron chi connectivity index (χ2n) is 4.11. The number of benzene rings is 1. The first-order valence-corrected chi connectivity index (χ1v) is 5.99. The van der Waals surface area contributed by atoms with Crippen molar-refractivity contribution >= 4 is 15.9 Å². The van der Waals surface area contributed by atoms with E-state index in [4.69, 9.17) is 0 Å². The molecule has 3 heteroatoms. The first-order valence-electron chi connectivity index (χ1n) is 5.20. The monoisotopic (exact) mass is 271 g/mol. The Morgan fingerprint density at radius 1 is 1.13 bits per heavy atom. The van der Waals surface area contributed by atoms with Gasteiger partial charge in [0.15, 0.2) is 0 Å². The van der Waals surface area contributed by atoms with Gasteiger partial charge in [-0.25, -0.2) is 0 Å². The zero-order chi connectivity index (χ0) is 11.4. The van der Waals surface area contributed by atoms with Gasteiger partial charge < -0.3 is 10.4 Å². The molecule has 1 aromatic rings. The third-order valence-electron chi connectivity index (χ3n) is 2.28. The molecule has 0 aliphatic rings. The van der Waals surface area contributed by atoms with E-state index in [0.717, 1.165) is 10.0 Å². The van der Waals surface area contributed by atoms with Crippen molar-refractivity contribution in [2.24, 2.45) is 0 Å². The van der Waals surface area contributed by atoms with Gasteiger partial charge in [-0.1, -0.05) is 41.9 Å². The van der Waals surface area contributed by atoms with Crippen LogP contribution >= 0.6 is 15.9 Å². The maximum absolute atomic E-state index is 10.1. The molecule has 0 spiro atoms. The van der Waals surface area contributed by atoms with Crippen molar-refractivity contribution in [1.82, 2.24) is 5.32 Å². The standard InChI is InChI=1S/C12H18BrNO/c1-8(2)14-9(3)12(15)10-4-6-11(13)7-5-10/h4-9,12,14-15H,1-3H3/t9-,12-/m0/s1. The number of hydrogen-bond acceptors (Lipinski definition) is 2. The number of nitrogens with one attached hydrogen (secondary N) is 1. The Bertz CT molecular complexity index is 297. The van der Waals surface area contributed by atoms with Crippen molar-refractivity contribution in [2.45, 2.75) is 39.0 Å². The van der Waals surface area contributed by atoms with Gasteiger partial charge in [0.05, 0.1) is 6.10 Å². The van der Waals surface area contributed by atoms with Crippen LogP contribution in [0.1, 0.15) is 32.4 Å². The van der Waals surface area contributed by atoms with E-state index in [2.05, 4.69) is 35.1 Å². The molecule has 0 aliphatic carbocycles. The van der Waals surface area contributed by atoms with E-state index in [1.807, 2.05) is 31.2 Å². The summed E-state index contributed by atoms with van der Waals surface area (Å²) in [5, 5.41) is 13.3. The van der Waals surface area contributed by atoms with E-state index in [9.17, 15) is 5.11 Å². The zero-order valence-corrected chi connectivity index (χ0v) is 11.0. The SMILES string of the molecule is CC(C)N[C@@H](C)[C@H](O)c1ccc(Br)cc1. The highest BCUT2D eigenvalue weighted by Crippen LogP contribution is 2.19. The van der Waals surface area contributed by atoms with E-state index in [-0.39, 0.29) is 6.04 Å². The molecule has 2 atom stereocenters. The Morgan fingerprint density at radius 3 is 2.13 bits per heavy atom. The lowest BCUT2D eigenvalue weighted by atomic mass is 10.0. The zero-order valence-electron chi connectivity index (χ0n) is 9.37. The van der Waals surface area contributed by atoms with Gasteiger partial charge in [0, 0.05) is 16.6 Å². The molecule has 0 aromatic heterocycles. The Morgan fingerprint density at radius 2 is 1.67 bits per heavy atom. The van der Waals surface area contributed by atoms with Gasteiger partial charge in [-0.05, 0) is 24.6 Å². The minimum absolute atomic E-state index is 0.0613. The number of halogens is 1. The molecule has 2 nitrogen and oxygen atoms in total. The summed E-state index contributed by atoms with van der Waals surface area (Å²) >= 11 is 3.37. The van der Waals surface area contributed by atoms with Crippen LogP contribution in [0.5, 0.6) is 0 Å². The molecule has 2 N–H and O–H groups in total. The van der Waals surface area contributed by atoms with Crippen LogP contribution in [-0.2, 0) is 0 Å². The molecular formula is C12H18BrNO. The maximum Gasteiger partial charge on any atom is 0.0940 e. The van der Waals surface area contributed by atoms with Crippen molar-refractivity contribution < 1.29 is 5.11 Å². The average Bonchev–Trinajstić information content (AvgIpc) is 2.17. The molecule has 15 heavy (non-hydrogen) atoms. The van der Waals surface area contributed by atoms with E-state index in [1.54, 1.807) is 0 Å². The average molecular weight is 272 g/mol. The topological polar surface area (TPSA) is 32.3 Å². The van der Waals surface area contributed by atoms with Crippen LogP contribution in [0.15, 0.2) is 28.7 Å². The predicted molar refractivity (Wildman–Crippen MR) is 66.8 cm³/mol. The van der Waals surface area contributed by atoms with Crippen molar-refractivity contribution in [3.8, 4) is 0 Å². The molecule has 1 aromatic carbocycles. The Kier molecular flexibility index (Phi) is 4.77. The highest BCUT2D eigenvalue weighted by molar-refractivity contribution is 9.10. The lowest BCUT2D eigenvalue weighted by Gasteiger charge is -2.22. The molecule has 0 radical (unpaired) electrons. The Labute approximate surface area is 99.8 Å². The van der Waals surface area contributed by atoms with E-state index < -0.39 is 6.10 Å². The summed E-state index contributed by atoms with van der Waals surface area (Å²) < 4.78 is 1.03. The van der Waals surface area contributed by atoms with Crippen molar-refractivity contribution in [1.29, 1.82) is 0 Å². The van der Waals surface area contributed by atoms with Gasteiger partial charge in [-0.3, -0.25) is 0 Å². The molecule has 0 fully saturated rings. The van der Waals surface area contributed by atoms with Gasteiger partial charge >= 0.3 is 0 Å². The molecule has 0 unspecified atom stereocenters. The van der Waals surface area contributed by atoms with Crippen LogP contribution in [0.3, 0.4) is 0 Å². The fourth-order valence-electron chi connectivity index (χ4n) is 1.57. The molecule has 0 bridgehead atoms. The fraction of sp³-hybridized carbons (Fsp3) is 0.500. The van der Waals surface area contributed by atoms with Crippen molar-refractivity contribution in [3.63, 3.8) is 0 Å². The van der Waals surface area contributed by atoms with E-state index in [1.165, 1.54) is 0 Å². The third kappa shape index (κ3) is 3.93. The number of aliphatic hydroxyl groups is 1. The van der Waals surface area contributed by atoms with Crippen molar-refractivity contribution in [2.75, 3.05) is 0 Å². The highest BCUT2D eigenvalue weighted by atomic mass is 79.9. The summed E-state index contributed by atoms with van der Waals surface area (Å²) in [6.45, 7) is 6.14. The van der Waals surface area contributed by atoms with Crippen LogP contribution in [0.2, 0.25) is 0 Å². The second-order valence-corrected chi connectivity index (χ2v) is 5.02. The molecule has 0 amide bonds. The highest BCUT2D eigenvalue weighted by Gasteiger charge is 2.16. The minimum Gasteiger partial charge on any atom is -0.387 e. The minimum atomic E-state index is -0.458.